The van der Waals surface area contributed by atoms with Crippen LogP contribution in [0.25, 0.3) is 28.1 Å². The van der Waals surface area contributed by atoms with E-state index in [1.165, 1.54) is 32.4 Å². The Balaban J connectivity index is 1.41. The fraction of sp³-hybridized carbons (Fsp3) is 0.258. The Kier molecular flexibility index (Phi) is 7.73. The molecule has 0 bridgehead atoms. The van der Waals surface area contributed by atoms with Crippen molar-refractivity contribution in [3.63, 3.8) is 0 Å². The fourth-order valence-corrected chi connectivity index (χ4v) is 4.82. The maximum Gasteiger partial charge on any atom is 0.263 e. The monoisotopic (exact) mass is 490 g/mol. The van der Waals surface area contributed by atoms with Gasteiger partial charge in [0, 0.05) is 41.3 Å². The van der Waals surface area contributed by atoms with E-state index in [1.807, 2.05) is 60.7 Å². The lowest BCUT2D eigenvalue weighted by Crippen LogP contribution is -2.31. The normalized spacial score (nSPS) is 13.7. The molecule has 37 heavy (non-hydrogen) atoms. The lowest BCUT2D eigenvalue weighted by atomic mass is 9.99. The van der Waals surface area contributed by atoms with Crippen LogP contribution >= 0.6 is 0 Å². The molecule has 6 heteroatoms. The molecule has 5 rings (SSSR count). The quantitative estimate of drug-likeness (QED) is 0.297. The highest BCUT2D eigenvalue weighted by Gasteiger charge is 2.15. The lowest BCUT2D eigenvalue weighted by Gasteiger charge is -2.26. The highest BCUT2D eigenvalue weighted by molar-refractivity contribution is 5.74. The van der Waals surface area contributed by atoms with Crippen LogP contribution in [0.4, 0.5) is 0 Å². The summed E-state index contributed by atoms with van der Waals surface area (Å²) in [6.07, 6.45) is 8.47. The number of benzene rings is 2. The summed E-state index contributed by atoms with van der Waals surface area (Å²) in [5.74, 6) is 0.784. The van der Waals surface area contributed by atoms with Crippen molar-refractivity contribution < 1.29 is 4.74 Å². The molecule has 4 aromatic rings. The van der Waals surface area contributed by atoms with Crippen molar-refractivity contribution in [1.29, 1.82) is 5.26 Å². The highest BCUT2D eigenvalue weighted by atomic mass is 16.5. The third-order valence-electron chi connectivity index (χ3n) is 6.77. The number of ether oxygens (including phenoxy) is 1. The van der Waals surface area contributed by atoms with Crippen LogP contribution in [-0.2, 0) is 0 Å². The second kappa shape index (κ2) is 11.7. The Bertz CT molecular complexity index is 1430. The van der Waals surface area contributed by atoms with E-state index in [-0.39, 0.29) is 5.56 Å². The molecule has 3 heterocycles. The first kappa shape index (κ1) is 24.5. The number of nitrogens with zero attached hydrogens (tertiary/aromatic N) is 4. The Labute approximate surface area is 217 Å². The van der Waals surface area contributed by atoms with Crippen molar-refractivity contribution in [2.75, 3.05) is 26.2 Å². The molecule has 1 aliphatic heterocycles. The standard InChI is InChI=1S/C31H30N4O2/c32-22-24-9-2-3-10-28(24)29-21-25(30-11-4-5-16-33-30)23-35(31(29)36)26-12-14-27(15-13-26)37-20-8-19-34-17-6-1-7-18-34/h2-5,9-16,21,23H,1,6-8,17-20H2. The minimum atomic E-state index is -0.197. The molecule has 0 spiro atoms. The molecule has 0 unspecified atom stereocenters. The number of piperidine rings is 1. The maximum absolute atomic E-state index is 13.7. The zero-order chi connectivity index (χ0) is 25.5. The summed E-state index contributed by atoms with van der Waals surface area (Å²) >= 11 is 0. The molecule has 2 aromatic heterocycles. The highest BCUT2D eigenvalue weighted by Crippen LogP contribution is 2.26. The largest absolute Gasteiger partial charge is 0.494 e. The Morgan fingerprint density at radius 1 is 0.919 bits per heavy atom. The van der Waals surface area contributed by atoms with Gasteiger partial charge in [0.25, 0.3) is 5.56 Å². The van der Waals surface area contributed by atoms with Crippen molar-refractivity contribution in [1.82, 2.24) is 14.5 Å². The number of aromatic nitrogens is 2. The average molecular weight is 491 g/mol. The second-order valence-corrected chi connectivity index (χ2v) is 9.29. The summed E-state index contributed by atoms with van der Waals surface area (Å²) in [7, 11) is 0. The van der Waals surface area contributed by atoms with Gasteiger partial charge in [-0.3, -0.25) is 14.3 Å². The van der Waals surface area contributed by atoms with Crippen LogP contribution in [0.1, 0.15) is 31.2 Å². The number of hydrogen-bond donors (Lipinski definition) is 0. The van der Waals surface area contributed by atoms with E-state index >= 15 is 0 Å². The van der Waals surface area contributed by atoms with Crippen molar-refractivity contribution >= 4 is 0 Å². The van der Waals surface area contributed by atoms with Gasteiger partial charge in [-0.25, -0.2) is 0 Å². The smallest absolute Gasteiger partial charge is 0.263 e. The van der Waals surface area contributed by atoms with Gasteiger partial charge in [0.15, 0.2) is 0 Å². The molecule has 0 amide bonds. The molecule has 0 radical (unpaired) electrons. The second-order valence-electron chi connectivity index (χ2n) is 9.29. The maximum atomic E-state index is 13.7. The summed E-state index contributed by atoms with van der Waals surface area (Å²) < 4.78 is 7.59. The van der Waals surface area contributed by atoms with E-state index in [1.54, 1.807) is 29.1 Å². The van der Waals surface area contributed by atoms with Gasteiger partial charge in [-0.2, -0.15) is 5.26 Å². The van der Waals surface area contributed by atoms with Gasteiger partial charge in [0.05, 0.1) is 23.9 Å². The summed E-state index contributed by atoms with van der Waals surface area (Å²) in [5.41, 5.74) is 3.59. The Morgan fingerprint density at radius 2 is 1.70 bits per heavy atom. The molecule has 1 saturated heterocycles. The lowest BCUT2D eigenvalue weighted by molar-refractivity contribution is 0.205. The van der Waals surface area contributed by atoms with E-state index in [9.17, 15) is 10.1 Å². The van der Waals surface area contributed by atoms with Crippen LogP contribution in [0.2, 0.25) is 0 Å². The first-order valence-electron chi connectivity index (χ1n) is 12.9. The SMILES string of the molecule is N#Cc1ccccc1-c1cc(-c2ccccn2)cn(-c2ccc(OCCCN3CCCCC3)cc2)c1=O. The predicted octanol–water partition coefficient (Wildman–Crippen LogP) is 5.69. The van der Waals surface area contributed by atoms with Crippen LogP contribution in [0, 0.1) is 11.3 Å². The molecule has 0 N–H and O–H groups in total. The predicted molar refractivity (Wildman–Crippen MR) is 146 cm³/mol. The van der Waals surface area contributed by atoms with Crippen LogP contribution in [0.5, 0.6) is 5.75 Å². The van der Waals surface area contributed by atoms with Crippen LogP contribution in [0.15, 0.2) is 90.0 Å². The van der Waals surface area contributed by atoms with Gasteiger partial charge in [0.2, 0.25) is 0 Å². The van der Waals surface area contributed by atoms with Crippen LogP contribution < -0.4 is 10.3 Å². The molecule has 186 valence electrons. The van der Waals surface area contributed by atoms with Crippen molar-refractivity contribution in [2.45, 2.75) is 25.7 Å². The summed E-state index contributed by atoms with van der Waals surface area (Å²) in [6.45, 7) is 4.13. The topological polar surface area (TPSA) is 71.2 Å². The zero-order valence-electron chi connectivity index (χ0n) is 20.8. The molecular formula is C31H30N4O2. The summed E-state index contributed by atoms with van der Waals surface area (Å²) in [6, 6.07) is 24.5. The van der Waals surface area contributed by atoms with Crippen LogP contribution in [-0.4, -0.2) is 40.7 Å². The zero-order valence-corrected chi connectivity index (χ0v) is 20.8. The van der Waals surface area contributed by atoms with Gasteiger partial charge in [-0.1, -0.05) is 30.7 Å². The molecule has 6 nitrogen and oxygen atoms in total. The molecular weight excluding hydrogens is 460 g/mol. The van der Waals surface area contributed by atoms with Gasteiger partial charge in [-0.15, -0.1) is 0 Å². The molecule has 1 aliphatic rings. The van der Waals surface area contributed by atoms with Gasteiger partial charge >= 0.3 is 0 Å². The Morgan fingerprint density at radius 3 is 2.46 bits per heavy atom. The van der Waals surface area contributed by atoms with Crippen LogP contribution in [0.3, 0.4) is 0 Å². The van der Waals surface area contributed by atoms with E-state index in [4.69, 9.17) is 4.74 Å². The molecule has 1 fully saturated rings. The fourth-order valence-electron chi connectivity index (χ4n) is 4.82. The van der Waals surface area contributed by atoms with Gasteiger partial charge in [-0.05, 0) is 80.9 Å². The van der Waals surface area contributed by atoms with E-state index in [2.05, 4.69) is 16.0 Å². The average Bonchev–Trinajstić information content (AvgIpc) is 2.97. The summed E-state index contributed by atoms with van der Waals surface area (Å²) in [5, 5.41) is 9.65. The van der Waals surface area contributed by atoms with E-state index < -0.39 is 0 Å². The third kappa shape index (κ3) is 5.79. The minimum Gasteiger partial charge on any atom is -0.494 e. The molecule has 2 aromatic carbocycles. The third-order valence-corrected chi connectivity index (χ3v) is 6.77. The number of rotatable bonds is 8. The minimum absolute atomic E-state index is 0.197. The first-order valence-corrected chi connectivity index (χ1v) is 12.9. The number of hydrogen-bond acceptors (Lipinski definition) is 5. The van der Waals surface area contributed by atoms with Crippen molar-refractivity contribution in [3.8, 4) is 39.9 Å². The van der Waals surface area contributed by atoms with Gasteiger partial charge in [0.1, 0.15) is 5.75 Å². The van der Waals surface area contributed by atoms with E-state index in [0.29, 0.717) is 23.3 Å². The molecule has 0 saturated carbocycles. The number of pyridine rings is 2. The van der Waals surface area contributed by atoms with Gasteiger partial charge < -0.3 is 9.64 Å². The molecule has 0 aliphatic carbocycles. The molecule has 0 atom stereocenters. The number of likely N-dealkylation sites (tertiary alicyclic amines) is 1. The van der Waals surface area contributed by atoms with Crippen molar-refractivity contribution in [2.24, 2.45) is 0 Å². The summed E-state index contributed by atoms with van der Waals surface area (Å²) in [4.78, 5) is 20.7. The van der Waals surface area contributed by atoms with Crippen molar-refractivity contribution in [3.05, 3.63) is 101 Å². The first-order chi connectivity index (χ1) is 18.2. The number of nitriles is 1. The van der Waals surface area contributed by atoms with E-state index in [0.717, 1.165) is 35.7 Å². The Hall–Kier alpha value is -4.21.